The van der Waals surface area contributed by atoms with E-state index in [1.165, 1.54) is 13.8 Å². The van der Waals surface area contributed by atoms with Crippen molar-refractivity contribution >= 4 is 23.2 Å². The fraction of sp³-hybridized carbons (Fsp3) is 0.481. The Hall–Kier alpha value is -3.13. The molecule has 0 aliphatic heterocycles. The van der Waals surface area contributed by atoms with Gasteiger partial charge in [0.25, 0.3) is 0 Å². The summed E-state index contributed by atoms with van der Waals surface area (Å²) in [4.78, 5) is 25.8. The summed E-state index contributed by atoms with van der Waals surface area (Å²) in [6, 6.07) is 0. The van der Waals surface area contributed by atoms with Crippen LogP contribution in [-0.4, -0.2) is 49.6 Å². The Labute approximate surface area is 216 Å². The molecule has 9 heteroatoms. The SMILES string of the molecule is CCCC(=O)c1c(O)c(Cc2c(O)c(C)c(O)c(C(=O)C(C)CC)c2O)c(O)c(C)c1OCCCCl. The molecule has 0 aliphatic carbocycles. The van der Waals surface area contributed by atoms with Gasteiger partial charge in [0, 0.05) is 46.9 Å². The third-order valence-corrected chi connectivity index (χ3v) is 6.69. The fourth-order valence-corrected chi connectivity index (χ4v) is 4.10. The second kappa shape index (κ2) is 12.2. The van der Waals surface area contributed by atoms with E-state index in [-0.39, 0.29) is 57.9 Å². The molecule has 1 unspecified atom stereocenters. The van der Waals surface area contributed by atoms with E-state index in [1.54, 1.807) is 13.8 Å². The van der Waals surface area contributed by atoms with E-state index in [1.807, 2.05) is 6.92 Å². The summed E-state index contributed by atoms with van der Waals surface area (Å²) in [5.74, 6) is -3.67. The van der Waals surface area contributed by atoms with Crippen LogP contribution in [0.25, 0.3) is 0 Å². The standard InChI is InChI=1S/C27H35ClO8/c1-6-9-18(29)19-25(34)17(23(32)15(5)27(19)36-11-8-10-28)12-16-22(31)14(4)24(33)20(26(16)35)21(30)13(3)7-2/h13,31-35H,6-12H2,1-5H3. The highest BCUT2D eigenvalue weighted by atomic mass is 35.5. The largest absolute Gasteiger partial charge is 0.507 e. The number of benzene rings is 2. The second-order valence-electron chi connectivity index (χ2n) is 8.94. The lowest BCUT2D eigenvalue weighted by atomic mass is 9.88. The molecule has 0 amide bonds. The van der Waals surface area contributed by atoms with Crippen molar-refractivity contribution in [3.8, 4) is 34.5 Å². The maximum atomic E-state index is 12.9. The van der Waals surface area contributed by atoms with Crippen LogP contribution in [0.2, 0.25) is 0 Å². The van der Waals surface area contributed by atoms with E-state index in [4.69, 9.17) is 16.3 Å². The molecular formula is C27H35ClO8. The van der Waals surface area contributed by atoms with Gasteiger partial charge in [-0.05, 0) is 33.1 Å². The molecule has 0 aromatic heterocycles. The smallest absolute Gasteiger partial charge is 0.173 e. The minimum absolute atomic E-state index is 0.0338. The van der Waals surface area contributed by atoms with Crippen LogP contribution in [0.4, 0.5) is 0 Å². The quantitative estimate of drug-likeness (QED) is 0.137. The van der Waals surface area contributed by atoms with Crippen molar-refractivity contribution in [2.75, 3.05) is 12.5 Å². The van der Waals surface area contributed by atoms with Crippen molar-refractivity contribution in [2.45, 2.75) is 66.7 Å². The third-order valence-electron chi connectivity index (χ3n) is 6.43. The van der Waals surface area contributed by atoms with Gasteiger partial charge in [-0.1, -0.05) is 20.8 Å². The Morgan fingerprint density at radius 3 is 1.94 bits per heavy atom. The zero-order valence-electron chi connectivity index (χ0n) is 21.4. The van der Waals surface area contributed by atoms with Crippen LogP contribution in [0.15, 0.2) is 0 Å². The average molecular weight is 523 g/mol. The van der Waals surface area contributed by atoms with E-state index in [0.717, 1.165) is 0 Å². The summed E-state index contributed by atoms with van der Waals surface area (Å²) >= 11 is 5.72. The Bertz CT molecular complexity index is 1160. The number of carbonyl (C=O) groups excluding carboxylic acids is 2. The van der Waals surface area contributed by atoms with Gasteiger partial charge in [0.15, 0.2) is 11.6 Å². The van der Waals surface area contributed by atoms with Crippen molar-refractivity contribution in [1.82, 2.24) is 0 Å². The summed E-state index contributed by atoms with van der Waals surface area (Å²) < 4.78 is 5.71. The first-order valence-corrected chi connectivity index (χ1v) is 12.6. The molecule has 36 heavy (non-hydrogen) atoms. The van der Waals surface area contributed by atoms with Crippen molar-refractivity contribution in [3.05, 3.63) is 33.4 Å². The molecule has 2 aromatic carbocycles. The van der Waals surface area contributed by atoms with Crippen LogP contribution in [0.1, 0.15) is 89.4 Å². The summed E-state index contributed by atoms with van der Waals surface area (Å²) in [5, 5.41) is 54.3. The first kappa shape index (κ1) is 29.1. The number of alkyl halides is 1. The number of phenolic OH excluding ortho intramolecular Hbond substituents is 5. The van der Waals surface area contributed by atoms with E-state index >= 15 is 0 Å². The van der Waals surface area contributed by atoms with E-state index < -0.39 is 46.9 Å². The number of rotatable bonds is 12. The highest BCUT2D eigenvalue weighted by molar-refractivity contribution is 6.17. The molecule has 2 aromatic rings. The molecule has 0 spiro atoms. The number of Topliss-reactive ketones (excluding diaryl/α,β-unsaturated/α-hetero) is 2. The maximum absolute atomic E-state index is 12.9. The van der Waals surface area contributed by atoms with Gasteiger partial charge >= 0.3 is 0 Å². The van der Waals surface area contributed by atoms with Crippen molar-refractivity contribution in [3.63, 3.8) is 0 Å². The third kappa shape index (κ3) is 5.48. The summed E-state index contributed by atoms with van der Waals surface area (Å²) in [5.41, 5.74) is -0.590. The first-order valence-electron chi connectivity index (χ1n) is 12.0. The molecule has 0 saturated carbocycles. The number of ether oxygens (including phenoxy) is 1. The molecule has 0 aliphatic rings. The number of carbonyl (C=O) groups is 2. The molecule has 0 heterocycles. The number of halogens is 1. The topological polar surface area (TPSA) is 145 Å². The van der Waals surface area contributed by atoms with Gasteiger partial charge in [0.2, 0.25) is 0 Å². The van der Waals surface area contributed by atoms with E-state index in [9.17, 15) is 35.1 Å². The number of ketones is 2. The van der Waals surface area contributed by atoms with Gasteiger partial charge in [0.05, 0.1) is 6.61 Å². The molecule has 0 radical (unpaired) electrons. The van der Waals surface area contributed by atoms with Crippen molar-refractivity contribution in [1.29, 1.82) is 0 Å². The summed E-state index contributed by atoms with van der Waals surface area (Å²) in [7, 11) is 0. The highest BCUT2D eigenvalue weighted by Crippen LogP contribution is 2.48. The van der Waals surface area contributed by atoms with Gasteiger partial charge in [-0.2, -0.15) is 0 Å². The Morgan fingerprint density at radius 1 is 0.861 bits per heavy atom. The molecule has 198 valence electrons. The minimum Gasteiger partial charge on any atom is -0.507 e. The molecule has 1 atom stereocenters. The number of aromatic hydroxyl groups is 5. The van der Waals surface area contributed by atoms with E-state index in [2.05, 4.69) is 0 Å². The fourth-order valence-electron chi connectivity index (χ4n) is 3.99. The Kier molecular flexibility index (Phi) is 9.87. The van der Waals surface area contributed by atoms with Gasteiger partial charge in [-0.25, -0.2) is 0 Å². The molecule has 0 fully saturated rings. The number of phenols is 5. The molecule has 0 bridgehead atoms. The number of hydrogen-bond acceptors (Lipinski definition) is 8. The van der Waals surface area contributed by atoms with Gasteiger partial charge in [-0.3, -0.25) is 9.59 Å². The van der Waals surface area contributed by atoms with Gasteiger partial charge in [0.1, 0.15) is 45.6 Å². The highest BCUT2D eigenvalue weighted by Gasteiger charge is 2.31. The zero-order valence-corrected chi connectivity index (χ0v) is 22.1. The summed E-state index contributed by atoms with van der Waals surface area (Å²) in [6.45, 7) is 8.32. The predicted molar refractivity (Wildman–Crippen MR) is 137 cm³/mol. The van der Waals surface area contributed by atoms with Crippen LogP contribution in [0, 0.1) is 19.8 Å². The van der Waals surface area contributed by atoms with Crippen LogP contribution in [-0.2, 0) is 6.42 Å². The zero-order chi connectivity index (χ0) is 27.3. The monoisotopic (exact) mass is 522 g/mol. The van der Waals surface area contributed by atoms with Crippen LogP contribution >= 0.6 is 11.6 Å². The first-order chi connectivity index (χ1) is 16.9. The van der Waals surface area contributed by atoms with Crippen LogP contribution < -0.4 is 4.74 Å². The number of hydrogen-bond donors (Lipinski definition) is 5. The van der Waals surface area contributed by atoms with E-state index in [0.29, 0.717) is 25.1 Å². The van der Waals surface area contributed by atoms with Crippen LogP contribution in [0.5, 0.6) is 34.5 Å². The van der Waals surface area contributed by atoms with Crippen molar-refractivity contribution in [2.24, 2.45) is 5.92 Å². The lowest BCUT2D eigenvalue weighted by Crippen LogP contribution is -2.13. The molecule has 0 saturated heterocycles. The van der Waals surface area contributed by atoms with Gasteiger partial charge in [-0.15, -0.1) is 11.6 Å². The normalized spacial score (nSPS) is 11.9. The Morgan fingerprint density at radius 2 is 1.42 bits per heavy atom. The maximum Gasteiger partial charge on any atom is 0.173 e. The predicted octanol–water partition coefficient (Wildman–Crippen LogP) is 5.64. The lowest BCUT2D eigenvalue weighted by Gasteiger charge is -2.21. The summed E-state index contributed by atoms with van der Waals surface area (Å²) in [6.07, 6.45) is 1.14. The molecule has 2 rings (SSSR count). The second-order valence-corrected chi connectivity index (χ2v) is 9.32. The van der Waals surface area contributed by atoms with Crippen molar-refractivity contribution < 1.29 is 39.9 Å². The average Bonchev–Trinajstić information content (AvgIpc) is 2.84. The molecule has 5 N–H and O–H groups in total. The molecular weight excluding hydrogens is 488 g/mol. The van der Waals surface area contributed by atoms with Gasteiger partial charge < -0.3 is 30.3 Å². The minimum atomic E-state index is -0.652. The lowest BCUT2D eigenvalue weighted by molar-refractivity contribution is 0.0920. The molecule has 8 nitrogen and oxygen atoms in total. The van der Waals surface area contributed by atoms with Crippen LogP contribution in [0.3, 0.4) is 0 Å². The Balaban J connectivity index is 2.78.